The van der Waals surface area contributed by atoms with E-state index in [1.165, 1.54) is 0 Å². The van der Waals surface area contributed by atoms with Gasteiger partial charge in [-0.05, 0) is 30.9 Å². The zero-order valence-electron chi connectivity index (χ0n) is 10.2. The van der Waals surface area contributed by atoms with E-state index < -0.39 is 0 Å². The van der Waals surface area contributed by atoms with Gasteiger partial charge in [0.1, 0.15) is 0 Å². The molecule has 0 N–H and O–H groups in total. The first-order valence-electron chi connectivity index (χ1n) is 6.17. The van der Waals surface area contributed by atoms with E-state index in [1.807, 2.05) is 0 Å². The Bertz CT molecular complexity index is 439. The van der Waals surface area contributed by atoms with Gasteiger partial charge in [-0.3, -0.25) is 4.79 Å². The Hall–Kier alpha value is -0.240. The standard InChI is InChI=1S/C14H15Cl3O/c1-8-2-4-9(5-3-8)14(18)13-11(16)6-10(15)7-12(13)17/h6-9H,2-5H2,1H3. The van der Waals surface area contributed by atoms with Gasteiger partial charge in [0.25, 0.3) is 0 Å². The molecule has 0 heterocycles. The molecule has 0 amide bonds. The summed E-state index contributed by atoms with van der Waals surface area (Å²) in [5, 5.41) is 1.17. The van der Waals surface area contributed by atoms with E-state index in [4.69, 9.17) is 34.8 Å². The number of hydrogen-bond donors (Lipinski definition) is 0. The lowest BCUT2D eigenvalue weighted by Gasteiger charge is -2.25. The molecule has 0 spiro atoms. The molecular weight excluding hydrogens is 291 g/mol. The third kappa shape index (κ3) is 3.01. The number of carbonyl (C=O) groups excluding carboxylic acids is 1. The summed E-state index contributed by atoms with van der Waals surface area (Å²) in [5.74, 6) is 0.830. The van der Waals surface area contributed by atoms with Gasteiger partial charge in [0.05, 0.1) is 15.6 Å². The van der Waals surface area contributed by atoms with E-state index in [-0.39, 0.29) is 11.7 Å². The highest BCUT2D eigenvalue weighted by Crippen LogP contribution is 2.36. The van der Waals surface area contributed by atoms with Crippen LogP contribution in [0.1, 0.15) is 43.0 Å². The molecule has 0 aromatic heterocycles. The number of hydrogen-bond acceptors (Lipinski definition) is 1. The third-order valence-corrected chi connectivity index (χ3v) is 4.45. The van der Waals surface area contributed by atoms with Gasteiger partial charge >= 0.3 is 0 Å². The fraction of sp³-hybridized carbons (Fsp3) is 0.500. The zero-order valence-corrected chi connectivity index (χ0v) is 12.4. The van der Waals surface area contributed by atoms with Crippen molar-refractivity contribution >= 4 is 40.6 Å². The number of ketones is 1. The van der Waals surface area contributed by atoms with Crippen LogP contribution in [0.25, 0.3) is 0 Å². The first-order valence-corrected chi connectivity index (χ1v) is 7.31. The maximum Gasteiger partial charge on any atom is 0.168 e. The predicted octanol–water partition coefficient (Wildman–Crippen LogP) is 5.66. The Morgan fingerprint density at radius 1 is 1.06 bits per heavy atom. The zero-order chi connectivity index (χ0) is 13.3. The molecule has 0 atom stereocenters. The summed E-state index contributed by atoms with van der Waals surface area (Å²) >= 11 is 18.0. The molecule has 1 aromatic rings. The highest BCUT2D eigenvalue weighted by molar-refractivity contribution is 6.42. The van der Waals surface area contributed by atoms with Gasteiger partial charge in [-0.2, -0.15) is 0 Å². The third-order valence-electron chi connectivity index (χ3n) is 3.64. The van der Waals surface area contributed by atoms with Crippen LogP contribution in [0.15, 0.2) is 12.1 Å². The maximum atomic E-state index is 12.4. The molecule has 1 aromatic carbocycles. The summed E-state index contributed by atoms with van der Waals surface area (Å²) in [7, 11) is 0. The molecule has 4 heteroatoms. The molecular formula is C14H15Cl3O. The van der Waals surface area contributed by atoms with Crippen molar-refractivity contribution in [2.24, 2.45) is 11.8 Å². The van der Waals surface area contributed by atoms with Crippen LogP contribution in [0, 0.1) is 11.8 Å². The molecule has 0 unspecified atom stereocenters. The first kappa shape index (κ1) is 14.2. The fourth-order valence-electron chi connectivity index (χ4n) is 2.50. The Morgan fingerprint density at radius 2 is 1.56 bits per heavy atom. The first-order chi connectivity index (χ1) is 8.49. The van der Waals surface area contributed by atoms with Crippen LogP contribution < -0.4 is 0 Å². The summed E-state index contributed by atoms with van der Waals surface area (Å²) in [6.45, 7) is 2.23. The second kappa shape index (κ2) is 5.81. The van der Waals surface area contributed by atoms with Crippen molar-refractivity contribution in [1.29, 1.82) is 0 Å². The van der Waals surface area contributed by atoms with Crippen LogP contribution in [-0.4, -0.2) is 5.78 Å². The predicted molar refractivity (Wildman–Crippen MR) is 76.9 cm³/mol. The topological polar surface area (TPSA) is 17.1 Å². The molecule has 1 saturated carbocycles. The molecule has 1 aliphatic rings. The van der Waals surface area contributed by atoms with Gasteiger partial charge in [0.15, 0.2) is 5.78 Å². The molecule has 1 aliphatic carbocycles. The van der Waals surface area contributed by atoms with Crippen LogP contribution >= 0.6 is 34.8 Å². The molecule has 98 valence electrons. The average Bonchev–Trinajstić information content (AvgIpc) is 2.28. The van der Waals surface area contributed by atoms with E-state index in [1.54, 1.807) is 12.1 Å². The molecule has 1 fully saturated rings. The summed E-state index contributed by atoms with van der Waals surface area (Å²) in [6.07, 6.45) is 4.04. The lowest BCUT2D eigenvalue weighted by Crippen LogP contribution is -2.21. The largest absolute Gasteiger partial charge is 0.294 e. The number of benzene rings is 1. The van der Waals surface area contributed by atoms with Gasteiger partial charge in [0.2, 0.25) is 0 Å². The lowest BCUT2D eigenvalue weighted by molar-refractivity contribution is 0.0876. The quantitative estimate of drug-likeness (QED) is 0.645. The molecule has 1 nitrogen and oxygen atoms in total. The number of halogens is 3. The van der Waals surface area contributed by atoms with E-state index in [0.717, 1.165) is 25.7 Å². The van der Waals surface area contributed by atoms with Crippen LogP contribution in [-0.2, 0) is 0 Å². The van der Waals surface area contributed by atoms with Crippen molar-refractivity contribution in [2.45, 2.75) is 32.6 Å². The van der Waals surface area contributed by atoms with Gasteiger partial charge in [-0.15, -0.1) is 0 Å². The van der Waals surface area contributed by atoms with Gasteiger partial charge in [-0.25, -0.2) is 0 Å². The SMILES string of the molecule is CC1CCC(C(=O)c2c(Cl)cc(Cl)cc2Cl)CC1. The Kier molecular flexibility index (Phi) is 4.58. The van der Waals surface area contributed by atoms with Crippen LogP contribution in [0.3, 0.4) is 0 Å². The van der Waals surface area contributed by atoms with Crippen LogP contribution in [0.2, 0.25) is 15.1 Å². The number of rotatable bonds is 2. The Labute approximate surface area is 122 Å². The van der Waals surface area contributed by atoms with Crippen molar-refractivity contribution in [3.8, 4) is 0 Å². The average molecular weight is 306 g/mol. The molecule has 0 bridgehead atoms. The summed E-state index contributed by atoms with van der Waals surface area (Å²) < 4.78 is 0. The molecule has 0 saturated heterocycles. The van der Waals surface area contributed by atoms with E-state index in [2.05, 4.69) is 6.92 Å². The van der Waals surface area contributed by atoms with Crippen molar-refractivity contribution < 1.29 is 4.79 Å². The second-order valence-corrected chi connectivity index (χ2v) is 6.32. The smallest absolute Gasteiger partial charge is 0.168 e. The van der Waals surface area contributed by atoms with E-state index >= 15 is 0 Å². The van der Waals surface area contributed by atoms with Gasteiger partial charge in [0, 0.05) is 10.9 Å². The van der Waals surface area contributed by atoms with Crippen LogP contribution in [0.4, 0.5) is 0 Å². The summed E-state index contributed by atoms with van der Waals surface area (Å²) in [6, 6.07) is 3.15. The monoisotopic (exact) mass is 304 g/mol. The van der Waals surface area contributed by atoms with Crippen LogP contribution in [0.5, 0.6) is 0 Å². The Morgan fingerprint density at radius 3 is 2.06 bits per heavy atom. The fourth-order valence-corrected chi connectivity index (χ4v) is 3.51. The molecule has 0 radical (unpaired) electrons. The van der Waals surface area contributed by atoms with E-state index in [9.17, 15) is 4.79 Å². The van der Waals surface area contributed by atoms with Crippen molar-refractivity contribution in [2.75, 3.05) is 0 Å². The lowest BCUT2D eigenvalue weighted by atomic mass is 9.79. The van der Waals surface area contributed by atoms with Crippen molar-refractivity contribution in [3.63, 3.8) is 0 Å². The van der Waals surface area contributed by atoms with Crippen molar-refractivity contribution in [1.82, 2.24) is 0 Å². The minimum atomic E-state index is 0.0531. The van der Waals surface area contributed by atoms with Gasteiger partial charge in [-0.1, -0.05) is 54.6 Å². The molecule has 2 rings (SSSR count). The normalized spacial score (nSPS) is 24.0. The molecule has 18 heavy (non-hydrogen) atoms. The maximum absolute atomic E-state index is 12.4. The van der Waals surface area contributed by atoms with E-state index in [0.29, 0.717) is 26.5 Å². The minimum Gasteiger partial charge on any atom is -0.294 e. The number of carbonyl (C=O) groups is 1. The Balaban J connectivity index is 2.24. The van der Waals surface area contributed by atoms with Gasteiger partial charge < -0.3 is 0 Å². The highest BCUT2D eigenvalue weighted by Gasteiger charge is 2.28. The molecule has 0 aliphatic heterocycles. The van der Waals surface area contributed by atoms with Crippen molar-refractivity contribution in [3.05, 3.63) is 32.8 Å². The second-order valence-electron chi connectivity index (χ2n) is 5.07. The summed E-state index contributed by atoms with van der Waals surface area (Å²) in [5.41, 5.74) is 0.433. The summed E-state index contributed by atoms with van der Waals surface area (Å²) in [4.78, 5) is 12.4. The number of Topliss-reactive ketones (excluding diaryl/α,β-unsaturated/α-hetero) is 1. The minimum absolute atomic E-state index is 0.0531. The highest BCUT2D eigenvalue weighted by atomic mass is 35.5.